The Hall–Kier alpha value is -2.24. The Morgan fingerprint density at radius 2 is 1.92 bits per heavy atom. The molecule has 1 heterocycles. The molecule has 1 aromatic carbocycles. The van der Waals surface area contributed by atoms with Gasteiger partial charge in [-0.2, -0.15) is 0 Å². The number of carbonyl (C=O) groups is 2. The third-order valence-corrected chi connectivity index (χ3v) is 4.23. The first-order valence-corrected chi connectivity index (χ1v) is 8.63. The van der Waals surface area contributed by atoms with Crippen LogP contribution >= 0.6 is 0 Å². The van der Waals surface area contributed by atoms with Gasteiger partial charge in [0.25, 0.3) is 5.91 Å². The van der Waals surface area contributed by atoms with Crippen LogP contribution in [0.2, 0.25) is 0 Å². The monoisotopic (exact) mass is 348 g/mol. The predicted molar refractivity (Wildman–Crippen MR) is 95.8 cm³/mol. The summed E-state index contributed by atoms with van der Waals surface area (Å²) in [6.07, 6.45) is 0.287. The zero-order valence-electron chi connectivity index (χ0n) is 15.7. The van der Waals surface area contributed by atoms with Gasteiger partial charge in [0.1, 0.15) is 11.4 Å². The number of ether oxygens (including phenoxy) is 2. The molecule has 25 heavy (non-hydrogen) atoms. The molecule has 2 rings (SSSR count). The average Bonchev–Trinajstić information content (AvgIpc) is 2.54. The van der Waals surface area contributed by atoms with Crippen LogP contribution < -0.4 is 10.1 Å². The first-order valence-electron chi connectivity index (χ1n) is 8.63. The molecule has 1 aliphatic rings. The summed E-state index contributed by atoms with van der Waals surface area (Å²) in [6.45, 7) is 8.71. The Morgan fingerprint density at radius 1 is 1.24 bits per heavy atom. The highest BCUT2D eigenvalue weighted by atomic mass is 16.6. The number of piperidine rings is 1. The van der Waals surface area contributed by atoms with E-state index < -0.39 is 11.7 Å². The Morgan fingerprint density at radius 3 is 2.52 bits per heavy atom. The Kier molecular flexibility index (Phi) is 5.93. The van der Waals surface area contributed by atoms with E-state index in [0.717, 1.165) is 0 Å². The second-order valence-corrected chi connectivity index (χ2v) is 7.47. The van der Waals surface area contributed by atoms with Crippen molar-refractivity contribution in [1.82, 2.24) is 10.2 Å². The van der Waals surface area contributed by atoms with Crippen molar-refractivity contribution in [3.63, 3.8) is 0 Å². The molecule has 0 bridgehead atoms. The van der Waals surface area contributed by atoms with E-state index >= 15 is 0 Å². The lowest BCUT2D eigenvalue weighted by Crippen LogP contribution is -2.52. The number of methoxy groups -OCH3 is 1. The molecule has 0 aromatic heterocycles. The third kappa shape index (κ3) is 5.11. The van der Waals surface area contributed by atoms with Crippen LogP contribution in [-0.4, -0.2) is 48.7 Å². The van der Waals surface area contributed by atoms with E-state index in [1.807, 2.05) is 44.7 Å². The van der Waals surface area contributed by atoms with Crippen molar-refractivity contribution >= 4 is 12.0 Å². The van der Waals surface area contributed by atoms with Crippen molar-refractivity contribution in [1.29, 1.82) is 0 Å². The summed E-state index contributed by atoms with van der Waals surface area (Å²) in [7, 11) is 1.56. The molecule has 6 heteroatoms. The minimum Gasteiger partial charge on any atom is -0.496 e. The highest BCUT2D eigenvalue weighted by Crippen LogP contribution is 2.24. The van der Waals surface area contributed by atoms with Gasteiger partial charge in [0.05, 0.1) is 12.7 Å². The first kappa shape index (κ1) is 19.1. The maximum atomic E-state index is 12.8. The van der Waals surface area contributed by atoms with Crippen molar-refractivity contribution in [2.75, 3.05) is 20.2 Å². The Balaban J connectivity index is 1.97. The summed E-state index contributed by atoms with van der Waals surface area (Å²) >= 11 is 0. The molecule has 0 aliphatic carbocycles. The van der Waals surface area contributed by atoms with Crippen LogP contribution in [0.15, 0.2) is 24.3 Å². The van der Waals surface area contributed by atoms with Gasteiger partial charge in [-0.3, -0.25) is 4.79 Å². The molecule has 1 fully saturated rings. The van der Waals surface area contributed by atoms with Gasteiger partial charge in [0.2, 0.25) is 0 Å². The van der Waals surface area contributed by atoms with E-state index in [1.54, 1.807) is 19.2 Å². The lowest BCUT2D eigenvalue weighted by atomic mass is 9.93. The Bertz CT molecular complexity index is 624. The van der Waals surface area contributed by atoms with E-state index in [9.17, 15) is 9.59 Å². The molecule has 0 spiro atoms. The second kappa shape index (κ2) is 7.76. The van der Waals surface area contributed by atoms with Crippen molar-refractivity contribution in [2.45, 2.75) is 45.8 Å². The standard InChI is InChI=1S/C19H28N2O4/c1-13-12-21(17(22)14-8-6-7-9-16(14)24-5)11-10-15(13)20-18(23)25-19(2,3)4/h6-9,13,15H,10-12H2,1-5H3,(H,20,23)/t13-,15-/m0/s1. The summed E-state index contributed by atoms with van der Waals surface area (Å²) in [6, 6.07) is 7.23. The largest absolute Gasteiger partial charge is 0.496 e. The average molecular weight is 348 g/mol. The number of nitrogens with one attached hydrogen (secondary N) is 1. The number of hydrogen-bond acceptors (Lipinski definition) is 4. The van der Waals surface area contributed by atoms with E-state index in [1.165, 1.54) is 0 Å². The number of rotatable bonds is 3. The quantitative estimate of drug-likeness (QED) is 0.911. The van der Waals surface area contributed by atoms with Gasteiger partial charge < -0.3 is 19.7 Å². The highest BCUT2D eigenvalue weighted by molar-refractivity contribution is 5.97. The predicted octanol–water partition coefficient (Wildman–Crippen LogP) is 3.07. The number of alkyl carbamates (subject to hydrolysis) is 1. The number of likely N-dealkylation sites (tertiary alicyclic amines) is 1. The highest BCUT2D eigenvalue weighted by Gasteiger charge is 2.32. The maximum Gasteiger partial charge on any atom is 0.407 e. The normalized spacial score (nSPS) is 20.8. The van der Waals surface area contributed by atoms with Crippen LogP contribution in [0.1, 0.15) is 44.5 Å². The molecule has 1 N–H and O–H groups in total. The number of para-hydroxylation sites is 1. The van der Waals surface area contributed by atoms with Gasteiger partial charge >= 0.3 is 6.09 Å². The fourth-order valence-corrected chi connectivity index (χ4v) is 3.00. The van der Waals surface area contributed by atoms with E-state index in [-0.39, 0.29) is 17.9 Å². The molecule has 1 saturated heterocycles. The van der Waals surface area contributed by atoms with Gasteiger partial charge in [-0.25, -0.2) is 4.79 Å². The molecule has 1 aromatic rings. The number of amides is 2. The molecule has 6 nitrogen and oxygen atoms in total. The third-order valence-electron chi connectivity index (χ3n) is 4.23. The maximum absolute atomic E-state index is 12.8. The van der Waals surface area contributed by atoms with Crippen LogP contribution in [0, 0.1) is 5.92 Å². The summed E-state index contributed by atoms with van der Waals surface area (Å²) in [5, 5.41) is 2.92. The van der Waals surface area contributed by atoms with Gasteiger partial charge in [0, 0.05) is 19.1 Å². The first-order chi connectivity index (χ1) is 11.7. The fourth-order valence-electron chi connectivity index (χ4n) is 3.00. The van der Waals surface area contributed by atoms with Crippen LogP contribution in [0.3, 0.4) is 0 Å². The molecular formula is C19H28N2O4. The molecule has 0 radical (unpaired) electrons. The van der Waals surface area contributed by atoms with Crippen molar-refractivity contribution in [2.24, 2.45) is 5.92 Å². The van der Waals surface area contributed by atoms with E-state index in [0.29, 0.717) is 30.8 Å². The fraction of sp³-hybridized carbons (Fsp3) is 0.579. The van der Waals surface area contributed by atoms with Gasteiger partial charge in [-0.05, 0) is 45.2 Å². The second-order valence-electron chi connectivity index (χ2n) is 7.47. The minimum atomic E-state index is -0.520. The number of benzene rings is 1. The van der Waals surface area contributed by atoms with Crippen molar-refractivity contribution in [3.8, 4) is 5.75 Å². The summed E-state index contributed by atoms with van der Waals surface area (Å²) in [5.74, 6) is 0.675. The lowest BCUT2D eigenvalue weighted by molar-refractivity contribution is 0.0431. The van der Waals surface area contributed by atoms with Crippen LogP contribution in [0.5, 0.6) is 5.75 Å². The molecule has 0 saturated carbocycles. The number of carbonyl (C=O) groups excluding carboxylic acids is 2. The summed E-state index contributed by atoms with van der Waals surface area (Å²) in [5.41, 5.74) is 0.0455. The molecule has 2 amide bonds. The van der Waals surface area contributed by atoms with Gasteiger partial charge in [-0.1, -0.05) is 19.1 Å². The van der Waals surface area contributed by atoms with Crippen molar-refractivity contribution in [3.05, 3.63) is 29.8 Å². The van der Waals surface area contributed by atoms with E-state index in [4.69, 9.17) is 9.47 Å². The molecule has 138 valence electrons. The molecule has 0 unspecified atom stereocenters. The molecule has 1 aliphatic heterocycles. The zero-order chi connectivity index (χ0) is 18.6. The zero-order valence-corrected chi connectivity index (χ0v) is 15.7. The number of nitrogens with zero attached hydrogens (tertiary/aromatic N) is 1. The van der Waals surface area contributed by atoms with Crippen LogP contribution in [-0.2, 0) is 4.74 Å². The Labute approximate surface area is 149 Å². The lowest BCUT2D eigenvalue weighted by Gasteiger charge is -2.37. The number of hydrogen-bond donors (Lipinski definition) is 1. The van der Waals surface area contributed by atoms with Gasteiger partial charge in [-0.15, -0.1) is 0 Å². The molecular weight excluding hydrogens is 320 g/mol. The summed E-state index contributed by atoms with van der Waals surface area (Å²) < 4.78 is 10.6. The van der Waals surface area contributed by atoms with E-state index in [2.05, 4.69) is 5.32 Å². The van der Waals surface area contributed by atoms with Crippen LogP contribution in [0.4, 0.5) is 4.79 Å². The SMILES string of the molecule is COc1ccccc1C(=O)N1CC[C@H](NC(=O)OC(C)(C)C)[C@@H](C)C1. The smallest absolute Gasteiger partial charge is 0.407 e. The van der Waals surface area contributed by atoms with Crippen LogP contribution in [0.25, 0.3) is 0 Å². The minimum absolute atomic E-state index is 0.00318. The summed E-state index contributed by atoms with van der Waals surface area (Å²) in [4.78, 5) is 26.6. The van der Waals surface area contributed by atoms with Crippen molar-refractivity contribution < 1.29 is 19.1 Å². The van der Waals surface area contributed by atoms with Gasteiger partial charge in [0.15, 0.2) is 0 Å². The topological polar surface area (TPSA) is 67.9 Å². The molecule has 2 atom stereocenters.